The molecule has 1 fully saturated rings. The summed E-state index contributed by atoms with van der Waals surface area (Å²) in [5.41, 5.74) is 0.943. The summed E-state index contributed by atoms with van der Waals surface area (Å²) in [5, 5.41) is 3.14. The fraction of sp³-hybridized carbons (Fsp3) is 0.240. The van der Waals surface area contributed by atoms with Gasteiger partial charge in [-0.3, -0.25) is 4.79 Å². The Bertz CT molecular complexity index is 1520. The van der Waals surface area contributed by atoms with E-state index in [2.05, 4.69) is 15.3 Å². The number of benzene rings is 2. The molecule has 37 heavy (non-hydrogen) atoms. The van der Waals surface area contributed by atoms with Crippen molar-refractivity contribution < 1.29 is 30.8 Å². The SMILES string of the molecule is O=C(NCc1cc(-c2ccc(C(F)(F)F)cc2)ncn1)[C@@H]1CCCN1S(=O)(=O)c1cc2ccccc2o1. The highest BCUT2D eigenvalue weighted by atomic mass is 32.2. The maximum Gasteiger partial charge on any atom is 0.416 e. The summed E-state index contributed by atoms with van der Waals surface area (Å²) >= 11 is 0. The lowest BCUT2D eigenvalue weighted by molar-refractivity contribution is -0.137. The van der Waals surface area contributed by atoms with Crippen LogP contribution in [0, 0.1) is 0 Å². The van der Waals surface area contributed by atoms with Crippen LogP contribution in [0.25, 0.3) is 22.2 Å². The lowest BCUT2D eigenvalue weighted by atomic mass is 10.1. The Morgan fingerprint density at radius 3 is 2.57 bits per heavy atom. The normalized spacial score (nSPS) is 16.8. The summed E-state index contributed by atoms with van der Waals surface area (Å²) in [6.45, 7) is 0.174. The standard InChI is InChI=1S/C25H21F3N4O4S/c26-25(27,28)18-9-7-16(8-10-18)20-13-19(30-15-31-20)14-29-24(33)21-5-3-11-32(21)37(34,35)23-12-17-4-1-2-6-22(17)36-23/h1-2,4,6-10,12-13,15,21H,3,5,11,14H2,(H,29,33)/t21-/m0/s1. The summed E-state index contributed by atoms with van der Waals surface area (Å²) in [7, 11) is -4.03. The van der Waals surface area contributed by atoms with Gasteiger partial charge < -0.3 is 9.73 Å². The molecule has 1 saturated heterocycles. The number of carbonyl (C=O) groups is 1. The van der Waals surface area contributed by atoms with Crippen molar-refractivity contribution in [2.75, 3.05) is 6.54 Å². The van der Waals surface area contributed by atoms with Crippen molar-refractivity contribution in [2.45, 2.75) is 36.7 Å². The Kier molecular flexibility index (Phi) is 6.46. The van der Waals surface area contributed by atoms with Crippen molar-refractivity contribution in [3.8, 4) is 11.3 Å². The molecule has 1 aliphatic heterocycles. The van der Waals surface area contributed by atoms with Crippen LogP contribution in [0.5, 0.6) is 0 Å². The monoisotopic (exact) mass is 530 g/mol. The molecule has 4 aromatic rings. The molecule has 0 aliphatic carbocycles. The van der Waals surface area contributed by atoms with Crippen LogP contribution in [0.15, 0.2) is 76.5 Å². The van der Waals surface area contributed by atoms with E-state index in [1.165, 1.54) is 24.5 Å². The number of aromatic nitrogens is 2. The van der Waals surface area contributed by atoms with Gasteiger partial charge in [0, 0.05) is 23.6 Å². The molecule has 1 N–H and O–H groups in total. The first-order valence-electron chi connectivity index (χ1n) is 11.4. The average molecular weight is 531 g/mol. The second kappa shape index (κ2) is 9.60. The van der Waals surface area contributed by atoms with Crippen LogP contribution in [0.4, 0.5) is 13.2 Å². The Hall–Kier alpha value is -3.77. The molecule has 1 aliphatic rings. The van der Waals surface area contributed by atoms with Gasteiger partial charge in [0.15, 0.2) is 0 Å². The molecule has 0 radical (unpaired) electrons. The number of rotatable bonds is 6. The third kappa shape index (κ3) is 5.07. The number of alkyl halides is 3. The molecule has 0 bridgehead atoms. The van der Waals surface area contributed by atoms with Crippen molar-refractivity contribution in [3.63, 3.8) is 0 Å². The molecule has 1 amide bonds. The fourth-order valence-corrected chi connectivity index (χ4v) is 5.88. The van der Waals surface area contributed by atoms with E-state index in [0.717, 1.165) is 16.4 Å². The van der Waals surface area contributed by atoms with Gasteiger partial charge >= 0.3 is 6.18 Å². The molecule has 3 heterocycles. The third-order valence-corrected chi connectivity index (χ3v) is 7.91. The second-order valence-corrected chi connectivity index (χ2v) is 10.4. The zero-order chi connectivity index (χ0) is 26.2. The molecular formula is C25H21F3N4O4S. The van der Waals surface area contributed by atoms with E-state index in [0.29, 0.717) is 40.8 Å². The molecule has 12 heteroatoms. The number of nitrogens with zero attached hydrogens (tertiary/aromatic N) is 3. The summed E-state index contributed by atoms with van der Waals surface area (Å²) in [6.07, 6.45) is -2.32. The number of halogens is 3. The Labute approximate surface area is 210 Å². The molecule has 2 aromatic carbocycles. The third-order valence-electron chi connectivity index (χ3n) is 6.15. The summed E-state index contributed by atoms with van der Waals surface area (Å²) in [5.74, 6) is -0.480. The molecule has 5 rings (SSSR count). The molecular weight excluding hydrogens is 509 g/mol. The van der Waals surface area contributed by atoms with Crippen LogP contribution in [0.1, 0.15) is 24.1 Å². The van der Waals surface area contributed by atoms with Crippen molar-refractivity contribution in [3.05, 3.63) is 78.2 Å². The molecule has 0 spiro atoms. The Morgan fingerprint density at radius 1 is 1.08 bits per heavy atom. The van der Waals surface area contributed by atoms with E-state index in [4.69, 9.17) is 4.42 Å². The first-order chi connectivity index (χ1) is 17.6. The number of hydrogen-bond acceptors (Lipinski definition) is 6. The van der Waals surface area contributed by atoms with Crippen LogP contribution in [-0.2, 0) is 27.5 Å². The van der Waals surface area contributed by atoms with Crippen LogP contribution in [0.2, 0.25) is 0 Å². The topological polar surface area (TPSA) is 105 Å². The molecule has 2 aromatic heterocycles. The van der Waals surface area contributed by atoms with Gasteiger partial charge in [0.05, 0.1) is 23.5 Å². The first-order valence-corrected chi connectivity index (χ1v) is 12.8. The lowest BCUT2D eigenvalue weighted by Crippen LogP contribution is -2.45. The van der Waals surface area contributed by atoms with Gasteiger partial charge in [-0.2, -0.15) is 17.5 Å². The molecule has 192 valence electrons. The summed E-state index contributed by atoms with van der Waals surface area (Å²) in [6, 6.07) is 13.6. The Morgan fingerprint density at radius 2 is 1.84 bits per heavy atom. The largest absolute Gasteiger partial charge is 0.443 e. The number of nitrogens with one attached hydrogen (secondary N) is 1. The van der Waals surface area contributed by atoms with Crippen molar-refractivity contribution >= 4 is 26.9 Å². The zero-order valence-corrected chi connectivity index (χ0v) is 20.1. The van der Waals surface area contributed by atoms with Crippen molar-refractivity contribution in [1.29, 1.82) is 0 Å². The minimum absolute atomic E-state index is 0.00991. The molecule has 0 saturated carbocycles. The number of sulfonamides is 1. The molecule has 1 atom stereocenters. The number of hydrogen-bond donors (Lipinski definition) is 1. The number of para-hydroxylation sites is 1. The smallest absolute Gasteiger partial charge is 0.416 e. The number of carbonyl (C=O) groups excluding carboxylic acids is 1. The highest BCUT2D eigenvalue weighted by molar-refractivity contribution is 7.89. The minimum atomic E-state index is -4.44. The van der Waals surface area contributed by atoms with E-state index >= 15 is 0 Å². The fourth-order valence-electron chi connectivity index (χ4n) is 4.27. The predicted molar refractivity (Wildman–Crippen MR) is 127 cm³/mol. The van der Waals surface area contributed by atoms with Crippen LogP contribution >= 0.6 is 0 Å². The van der Waals surface area contributed by atoms with Crippen LogP contribution in [-0.4, -0.2) is 41.2 Å². The van der Waals surface area contributed by atoms with E-state index in [1.54, 1.807) is 30.3 Å². The summed E-state index contributed by atoms with van der Waals surface area (Å²) in [4.78, 5) is 21.2. The van der Waals surface area contributed by atoms with E-state index < -0.39 is 33.7 Å². The zero-order valence-electron chi connectivity index (χ0n) is 19.3. The van der Waals surface area contributed by atoms with Gasteiger partial charge in [-0.05, 0) is 37.1 Å². The van der Waals surface area contributed by atoms with Gasteiger partial charge in [-0.1, -0.05) is 30.3 Å². The molecule has 0 unspecified atom stereocenters. The van der Waals surface area contributed by atoms with Crippen LogP contribution in [0.3, 0.4) is 0 Å². The van der Waals surface area contributed by atoms with Gasteiger partial charge in [0.1, 0.15) is 18.0 Å². The van der Waals surface area contributed by atoms with Gasteiger partial charge in [-0.15, -0.1) is 0 Å². The summed E-state index contributed by atoms with van der Waals surface area (Å²) < 4.78 is 71.6. The average Bonchev–Trinajstić information content (AvgIpc) is 3.55. The van der Waals surface area contributed by atoms with E-state index in [1.807, 2.05) is 0 Å². The maximum atomic E-state index is 13.2. The number of amides is 1. The predicted octanol–water partition coefficient (Wildman–Crippen LogP) is 4.38. The lowest BCUT2D eigenvalue weighted by Gasteiger charge is -2.22. The first kappa shape index (κ1) is 24.9. The van der Waals surface area contributed by atoms with Gasteiger partial charge in [0.2, 0.25) is 11.0 Å². The van der Waals surface area contributed by atoms with Gasteiger partial charge in [0.25, 0.3) is 10.0 Å². The maximum absolute atomic E-state index is 13.2. The van der Waals surface area contributed by atoms with E-state index in [-0.39, 0.29) is 18.2 Å². The highest BCUT2D eigenvalue weighted by Gasteiger charge is 2.41. The minimum Gasteiger partial charge on any atom is -0.443 e. The van der Waals surface area contributed by atoms with Crippen molar-refractivity contribution in [1.82, 2.24) is 19.6 Å². The quantitative estimate of drug-likeness (QED) is 0.397. The Balaban J connectivity index is 1.28. The van der Waals surface area contributed by atoms with Crippen molar-refractivity contribution in [2.24, 2.45) is 0 Å². The highest BCUT2D eigenvalue weighted by Crippen LogP contribution is 2.31. The van der Waals surface area contributed by atoms with Crippen LogP contribution < -0.4 is 5.32 Å². The number of furan rings is 1. The van der Waals surface area contributed by atoms with Gasteiger partial charge in [-0.25, -0.2) is 18.4 Å². The number of fused-ring (bicyclic) bond motifs is 1. The van der Waals surface area contributed by atoms with E-state index in [9.17, 15) is 26.4 Å². The second-order valence-electron chi connectivity index (χ2n) is 8.56. The molecule has 8 nitrogen and oxygen atoms in total.